The van der Waals surface area contributed by atoms with Gasteiger partial charge in [0.25, 0.3) is 0 Å². The lowest BCUT2D eigenvalue weighted by molar-refractivity contribution is -0.134. The van der Waals surface area contributed by atoms with Gasteiger partial charge in [0, 0.05) is 12.3 Å². The van der Waals surface area contributed by atoms with Crippen molar-refractivity contribution in [1.29, 1.82) is 0 Å². The van der Waals surface area contributed by atoms with Crippen molar-refractivity contribution in [2.24, 2.45) is 11.8 Å². The summed E-state index contributed by atoms with van der Waals surface area (Å²) in [6, 6.07) is 14.6. The van der Waals surface area contributed by atoms with Crippen molar-refractivity contribution in [1.82, 2.24) is 0 Å². The number of imide groups is 1. The summed E-state index contributed by atoms with van der Waals surface area (Å²) < 4.78 is 0. The minimum absolute atomic E-state index is 0.0639. The number of carbonyl (C=O) groups excluding carboxylic acids is 3. The number of ketones is 1. The van der Waals surface area contributed by atoms with Gasteiger partial charge in [-0.15, -0.1) is 0 Å². The molecule has 0 spiro atoms. The average Bonchev–Trinajstić information content (AvgIpc) is 2.88. The van der Waals surface area contributed by atoms with Gasteiger partial charge < -0.3 is 5.73 Å². The van der Waals surface area contributed by atoms with Crippen LogP contribution in [0.2, 0.25) is 0 Å². The molecule has 2 aromatic rings. The minimum atomic E-state index is -0.603. The number of rotatable bonds is 1. The first-order valence-corrected chi connectivity index (χ1v) is 8.43. The molecule has 2 N–H and O–H groups in total. The van der Waals surface area contributed by atoms with E-state index in [0.717, 1.165) is 11.1 Å². The molecule has 4 unspecified atom stereocenters. The SMILES string of the molecule is Nc1ccccc1N1C(=O)C2C3CC(=O)C(c4ccccc43)C2C1=O. The van der Waals surface area contributed by atoms with Gasteiger partial charge in [-0.05, 0) is 23.3 Å². The molecule has 1 aliphatic heterocycles. The second-order valence-corrected chi connectivity index (χ2v) is 7.01. The van der Waals surface area contributed by atoms with Gasteiger partial charge in [0.05, 0.1) is 29.1 Å². The van der Waals surface area contributed by atoms with E-state index in [-0.39, 0.29) is 23.5 Å². The zero-order valence-corrected chi connectivity index (χ0v) is 13.4. The molecule has 1 saturated carbocycles. The van der Waals surface area contributed by atoms with E-state index in [0.29, 0.717) is 17.8 Å². The molecule has 0 radical (unpaired) electrons. The molecule has 2 bridgehead atoms. The van der Waals surface area contributed by atoms with Crippen LogP contribution in [-0.4, -0.2) is 17.6 Å². The Bertz CT molecular complexity index is 951. The highest BCUT2D eigenvalue weighted by molar-refractivity contribution is 6.25. The van der Waals surface area contributed by atoms with E-state index >= 15 is 0 Å². The quantitative estimate of drug-likeness (QED) is 0.641. The van der Waals surface area contributed by atoms with Crippen LogP contribution in [0.4, 0.5) is 11.4 Å². The number of nitrogens with zero attached hydrogens (tertiary/aromatic N) is 1. The number of nitrogens with two attached hydrogens (primary N) is 1. The summed E-state index contributed by atoms with van der Waals surface area (Å²) in [5.41, 5.74) is 8.76. The Hall–Kier alpha value is -2.95. The van der Waals surface area contributed by atoms with E-state index in [1.54, 1.807) is 24.3 Å². The summed E-state index contributed by atoms with van der Waals surface area (Å²) in [6.07, 6.45) is 0.333. The highest BCUT2D eigenvalue weighted by atomic mass is 16.2. The average molecular weight is 332 g/mol. The third kappa shape index (κ3) is 1.70. The Morgan fingerprint density at radius 1 is 0.840 bits per heavy atom. The third-order valence-corrected chi connectivity index (χ3v) is 5.87. The van der Waals surface area contributed by atoms with Crippen LogP contribution < -0.4 is 10.6 Å². The zero-order chi connectivity index (χ0) is 17.3. The second-order valence-electron chi connectivity index (χ2n) is 7.01. The predicted molar refractivity (Wildman–Crippen MR) is 91.9 cm³/mol. The molecule has 5 nitrogen and oxygen atoms in total. The van der Waals surface area contributed by atoms with E-state index in [4.69, 9.17) is 5.73 Å². The number of para-hydroxylation sites is 2. The number of anilines is 2. The summed E-state index contributed by atoms with van der Waals surface area (Å²) in [5.74, 6) is -2.27. The molecule has 4 atom stereocenters. The van der Waals surface area contributed by atoms with E-state index < -0.39 is 17.8 Å². The Balaban J connectivity index is 1.68. The maximum Gasteiger partial charge on any atom is 0.238 e. The third-order valence-electron chi connectivity index (χ3n) is 5.87. The lowest BCUT2D eigenvalue weighted by Crippen LogP contribution is -2.44. The van der Waals surface area contributed by atoms with Gasteiger partial charge >= 0.3 is 0 Å². The normalized spacial score (nSPS) is 29.8. The van der Waals surface area contributed by atoms with Gasteiger partial charge in [-0.3, -0.25) is 14.4 Å². The van der Waals surface area contributed by atoms with Gasteiger partial charge in [0.1, 0.15) is 5.78 Å². The lowest BCUT2D eigenvalue weighted by atomic mass is 9.56. The molecule has 5 heteroatoms. The van der Waals surface area contributed by atoms with Crippen LogP contribution in [0.3, 0.4) is 0 Å². The number of nitrogen functional groups attached to an aromatic ring is 1. The van der Waals surface area contributed by atoms with Crippen molar-refractivity contribution in [3.63, 3.8) is 0 Å². The monoisotopic (exact) mass is 332 g/mol. The number of hydrogen-bond acceptors (Lipinski definition) is 4. The Kier molecular flexibility index (Phi) is 2.76. The smallest absolute Gasteiger partial charge is 0.238 e. The molecule has 2 fully saturated rings. The largest absolute Gasteiger partial charge is 0.397 e. The number of Topliss-reactive ketones (excluding diaryl/α,β-unsaturated/α-hetero) is 1. The van der Waals surface area contributed by atoms with Gasteiger partial charge in [-0.1, -0.05) is 36.4 Å². The molecular formula is C20H16N2O3. The summed E-state index contributed by atoms with van der Waals surface area (Å²) >= 11 is 0. The molecule has 4 aliphatic rings. The summed E-state index contributed by atoms with van der Waals surface area (Å²) in [6.45, 7) is 0. The van der Waals surface area contributed by atoms with Crippen molar-refractivity contribution in [2.75, 3.05) is 10.6 Å². The van der Waals surface area contributed by atoms with Crippen LogP contribution >= 0.6 is 0 Å². The highest BCUT2D eigenvalue weighted by Crippen LogP contribution is 2.57. The molecule has 1 heterocycles. The first kappa shape index (κ1) is 14.4. The number of hydrogen-bond donors (Lipinski definition) is 1. The molecule has 1 saturated heterocycles. The Morgan fingerprint density at radius 3 is 2.24 bits per heavy atom. The van der Waals surface area contributed by atoms with E-state index in [1.165, 1.54) is 4.90 Å². The highest BCUT2D eigenvalue weighted by Gasteiger charge is 2.62. The van der Waals surface area contributed by atoms with Crippen molar-refractivity contribution < 1.29 is 14.4 Å². The number of carbonyl (C=O) groups is 3. The fraction of sp³-hybridized carbons (Fsp3) is 0.250. The number of fused-ring (bicyclic) bond motifs is 1. The molecule has 2 aromatic carbocycles. The summed E-state index contributed by atoms with van der Waals surface area (Å²) in [4.78, 5) is 40.1. The van der Waals surface area contributed by atoms with Crippen LogP contribution in [0.1, 0.15) is 29.4 Å². The first-order valence-electron chi connectivity index (χ1n) is 8.43. The summed E-state index contributed by atoms with van der Waals surface area (Å²) in [5, 5.41) is 0. The van der Waals surface area contributed by atoms with Gasteiger partial charge in [-0.25, -0.2) is 4.90 Å². The lowest BCUT2D eigenvalue weighted by Gasteiger charge is -2.43. The van der Waals surface area contributed by atoms with E-state index in [1.807, 2.05) is 24.3 Å². The Morgan fingerprint density at radius 2 is 1.48 bits per heavy atom. The van der Waals surface area contributed by atoms with Gasteiger partial charge in [0.2, 0.25) is 11.8 Å². The molecule has 6 rings (SSSR count). The van der Waals surface area contributed by atoms with E-state index in [2.05, 4.69) is 0 Å². The van der Waals surface area contributed by atoms with E-state index in [9.17, 15) is 14.4 Å². The first-order chi connectivity index (χ1) is 12.1. The fourth-order valence-electron chi connectivity index (χ4n) is 4.89. The van der Waals surface area contributed by atoms with Crippen molar-refractivity contribution in [3.05, 3.63) is 59.7 Å². The van der Waals surface area contributed by atoms with Crippen LogP contribution in [-0.2, 0) is 14.4 Å². The minimum Gasteiger partial charge on any atom is -0.397 e. The maximum atomic E-state index is 13.1. The predicted octanol–water partition coefficient (Wildman–Crippen LogP) is 2.23. The van der Waals surface area contributed by atoms with Crippen molar-refractivity contribution in [3.8, 4) is 0 Å². The fourth-order valence-corrected chi connectivity index (χ4v) is 4.89. The number of amides is 2. The standard InChI is InChI=1S/C20H16N2O3/c21-13-7-3-4-8-14(13)22-19(24)17-12-9-15(23)16(18(17)20(22)25)11-6-2-1-5-10(11)12/h1-8,12,16-18H,9,21H2. The summed E-state index contributed by atoms with van der Waals surface area (Å²) in [7, 11) is 0. The molecular weight excluding hydrogens is 316 g/mol. The topological polar surface area (TPSA) is 80.5 Å². The molecule has 0 aromatic heterocycles. The molecule has 124 valence electrons. The van der Waals surface area contributed by atoms with Crippen LogP contribution in [0.25, 0.3) is 0 Å². The Labute approximate surface area is 144 Å². The van der Waals surface area contributed by atoms with Gasteiger partial charge in [-0.2, -0.15) is 0 Å². The van der Waals surface area contributed by atoms with Crippen LogP contribution in [0.15, 0.2) is 48.5 Å². The number of benzene rings is 2. The van der Waals surface area contributed by atoms with Crippen molar-refractivity contribution >= 4 is 29.0 Å². The van der Waals surface area contributed by atoms with Crippen molar-refractivity contribution in [2.45, 2.75) is 18.3 Å². The second kappa shape index (κ2) is 4.79. The molecule has 25 heavy (non-hydrogen) atoms. The zero-order valence-electron chi connectivity index (χ0n) is 13.4. The van der Waals surface area contributed by atoms with Crippen LogP contribution in [0, 0.1) is 11.8 Å². The van der Waals surface area contributed by atoms with Crippen LogP contribution in [0.5, 0.6) is 0 Å². The molecule has 2 amide bonds. The van der Waals surface area contributed by atoms with Gasteiger partial charge in [0.15, 0.2) is 0 Å². The maximum absolute atomic E-state index is 13.1. The molecule has 3 aliphatic carbocycles.